The van der Waals surface area contributed by atoms with E-state index in [2.05, 4.69) is 58.0 Å². The molecule has 1 nitrogen and oxygen atoms in total. The van der Waals surface area contributed by atoms with E-state index in [1.165, 1.54) is 16.7 Å². The molecular weight excluding hydrogens is 268 g/mol. The zero-order valence-electron chi connectivity index (χ0n) is 13.9. The third-order valence-electron chi connectivity index (χ3n) is 4.31. The predicted octanol–water partition coefficient (Wildman–Crippen LogP) is 5.44. The van der Waals surface area contributed by atoms with E-state index >= 15 is 0 Å². The van der Waals surface area contributed by atoms with Crippen LogP contribution in [0, 0.1) is 11.8 Å². The smallest absolute Gasteiger partial charge is 0.189 e. The number of benzene rings is 1. The zero-order chi connectivity index (χ0) is 15.9. The number of hydrogen-bond donors (Lipinski definition) is 0. The van der Waals surface area contributed by atoms with Gasteiger partial charge in [-0.15, -0.1) is 0 Å². The molecule has 1 heteroatoms. The summed E-state index contributed by atoms with van der Waals surface area (Å²) in [7, 11) is 0. The molecule has 0 heterocycles. The van der Waals surface area contributed by atoms with Crippen molar-refractivity contribution >= 4 is 17.4 Å². The van der Waals surface area contributed by atoms with Gasteiger partial charge in [-0.2, -0.15) is 0 Å². The average Bonchev–Trinajstić information content (AvgIpc) is 2.81. The zero-order valence-corrected chi connectivity index (χ0v) is 13.9. The Morgan fingerprint density at radius 3 is 2.23 bits per heavy atom. The van der Waals surface area contributed by atoms with Gasteiger partial charge in [0.05, 0.1) is 0 Å². The molecule has 0 spiro atoms. The van der Waals surface area contributed by atoms with Gasteiger partial charge in [-0.05, 0) is 59.1 Å². The van der Waals surface area contributed by atoms with Crippen molar-refractivity contribution in [1.82, 2.24) is 0 Å². The molecule has 114 valence electrons. The van der Waals surface area contributed by atoms with Gasteiger partial charge in [0, 0.05) is 11.1 Å². The molecule has 0 aromatic heterocycles. The van der Waals surface area contributed by atoms with Crippen LogP contribution in [0.15, 0.2) is 47.1 Å². The van der Waals surface area contributed by atoms with Crippen molar-refractivity contribution in [3.05, 3.63) is 58.2 Å². The van der Waals surface area contributed by atoms with E-state index < -0.39 is 0 Å². The molecule has 1 aromatic rings. The van der Waals surface area contributed by atoms with Crippen LogP contribution in [-0.4, -0.2) is 5.78 Å². The highest BCUT2D eigenvalue weighted by atomic mass is 16.1. The Balaban J connectivity index is 2.11. The lowest BCUT2D eigenvalue weighted by molar-refractivity contribution is -0.112. The van der Waals surface area contributed by atoms with Crippen LogP contribution in [0.4, 0.5) is 0 Å². The maximum absolute atomic E-state index is 13.0. The first kappa shape index (κ1) is 15.0. The Kier molecular flexibility index (Phi) is 3.90. The van der Waals surface area contributed by atoms with Gasteiger partial charge < -0.3 is 0 Å². The summed E-state index contributed by atoms with van der Waals surface area (Å²) in [5.74, 6) is 1.31. The Labute approximate surface area is 133 Å². The number of hydrogen-bond acceptors (Lipinski definition) is 1. The third-order valence-corrected chi connectivity index (χ3v) is 4.31. The Morgan fingerprint density at radius 2 is 1.55 bits per heavy atom. The molecule has 0 bridgehead atoms. The molecule has 0 atom stereocenters. The van der Waals surface area contributed by atoms with Crippen LogP contribution in [-0.2, 0) is 4.79 Å². The van der Waals surface area contributed by atoms with E-state index in [9.17, 15) is 4.79 Å². The van der Waals surface area contributed by atoms with Crippen molar-refractivity contribution in [2.45, 2.75) is 40.5 Å². The molecular formula is C21H24O. The number of ketones is 1. The summed E-state index contributed by atoms with van der Waals surface area (Å²) in [4.78, 5) is 13.0. The van der Waals surface area contributed by atoms with Crippen molar-refractivity contribution in [3.63, 3.8) is 0 Å². The number of rotatable bonds is 4. The first-order chi connectivity index (χ1) is 10.5. The normalized spacial score (nSPS) is 16.9. The average molecular weight is 292 g/mol. The highest BCUT2D eigenvalue weighted by Crippen LogP contribution is 2.43. The van der Waals surface area contributed by atoms with Gasteiger partial charge in [0.2, 0.25) is 0 Å². The minimum absolute atomic E-state index is 0.248. The Morgan fingerprint density at radius 1 is 0.864 bits per heavy atom. The van der Waals surface area contributed by atoms with Crippen LogP contribution in [0.1, 0.15) is 51.7 Å². The third kappa shape index (κ3) is 2.61. The second-order valence-electron chi connectivity index (χ2n) is 7.23. The summed E-state index contributed by atoms with van der Waals surface area (Å²) in [6, 6.07) is 8.31. The lowest BCUT2D eigenvalue weighted by Crippen LogP contribution is -2.15. The van der Waals surface area contributed by atoms with Crippen LogP contribution in [0.5, 0.6) is 0 Å². The van der Waals surface area contributed by atoms with E-state index in [0.29, 0.717) is 11.8 Å². The molecule has 0 saturated heterocycles. The molecule has 0 saturated carbocycles. The lowest BCUT2D eigenvalue weighted by atomic mass is 9.81. The summed E-state index contributed by atoms with van der Waals surface area (Å²) in [5, 5.41) is 0. The summed E-state index contributed by atoms with van der Waals surface area (Å²) < 4.78 is 0. The molecule has 0 radical (unpaired) electrons. The maximum Gasteiger partial charge on any atom is 0.189 e. The van der Waals surface area contributed by atoms with Crippen LogP contribution in [0.25, 0.3) is 11.6 Å². The van der Waals surface area contributed by atoms with Crippen molar-refractivity contribution in [2.75, 3.05) is 0 Å². The van der Waals surface area contributed by atoms with Crippen LogP contribution in [0.3, 0.4) is 0 Å². The van der Waals surface area contributed by atoms with Gasteiger partial charge in [-0.1, -0.05) is 52.0 Å². The highest BCUT2D eigenvalue weighted by Gasteiger charge is 2.31. The summed E-state index contributed by atoms with van der Waals surface area (Å²) in [6.45, 7) is 8.81. The summed E-state index contributed by atoms with van der Waals surface area (Å²) >= 11 is 0. The van der Waals surface area contributed by atoms with Crippen LogP contribution in [0.2, 0.25) is 0 Å². The fourth-order valence-corrected chi connectivity index (χ4v) is 3.41. The van der Waals surface area contributed by atoms with Crippen molar-refractivity contribution < 1.29 is 4.79 Å². The predicted molar refractivity (Wildman–Crippen MR) is 93.3 cm³/mol. The van der Waals surface area contributed by atoms with E-state index in [-0.39, 0.29) is 5.78 Å². The van der Waals surface area contributed by atoms with Crippen molar-refractivity contribution in [3.8, 4) is 0 Å². The molecule has 0 fully saturated rings. The quantitative estimate of drug-likeness (QED) is 0.722. The SMILES string of the molecule is CC(C)CC1=C(CC(C)C)C(=O)C2=Cc3ccccc3C2=C1. The molecule has 2 aliphatic rings. The van der Waals surface area contributed by atoms with Crippen LogP contribution < -0.4 is 0 Å². The number of carbonyl (C=O) groups is 1. The molecule has 0 N–H and O–H groups in total. The van der Waals surface area contributed by atoms with Crippen molar-refractivity contribution in [1.29, 1.82) is 0 Å². The molecule has 0 aliphatic heterocycles. The fourth-order valence-electron chi connectivity index (χ4n) is 3.41. The number of allylic oxidation sites excluding steroid dienone is 5. The molecule has 1 aromatic carbocycles. The maximum atomic E-state index is 13.0. The molecule has 0 unspecified atom stereocenters. The largest absolute Gasteiger partial charge is 0.289 e. The molecule has 3 rings (SSSR count). The summed E-state index contributed by atoms with van der Waals surface area (Å²) in [5.41, 5.74) is 6.68. The minimum atomic E-state index is 0.248. The van der Waals surface area contributed by atoms with Gasteiger partial charge in [-0.25, -0.2) is 0 Å². The standard InChI is InChI=1S/C21H24O/c1-13(2)9-16-12-19-17-8-6-5-7-15(17)11-20(19)21(22)18(16)10-14(3)4/h5-8,11-14H,9-10H2,1-4H3. The van der Waals surface area contributed by atoms with Gasteiger partial charge in [0.15, 0.2) is 5.78 Å². The first-order valence-corrected chi connectivity index (χ1v) is 8.27. The van der Waals surface area contributed by atoms with E-state index in [4.69, 9.17) is 0 Å². The topological polar surface area (TPSA) is 17.1 Å². The van der Waals surface area contributed by atoms with Gasteiger partial charge in [-0.3, -0.25) is 4.79 Å². The van der Waals surface area contributed by atoms with E-state index in [1.807, 2.05) is 6.07 Å². The number of carbonyl (C=O) groups excluding carboxylic acids is 1. The fraction of sp³-hybridized carbons (Fsp3) is 0.381. The monoisotopic (exact) mass is 292 g/mol. The first-order valence-electron chi connectivity index (χ1n) is 8.27. The Hall–Kier alpha value is -1.89. The Bertz CT molecular complexity index is 711. The lowest BCUT2D eigenvalue weighted by Gasteiger charge is -2.22. The molecule has 0 amide bonds. The number of Topliss-reactive ketones (excluding diaryl/α,β-unsaturated/α-hetero) is 1. The molecule has 22 heavy (non-hydrogen) atoms. The van der Waals surface area contributed by atoms with Crippen LogP contribution >= 0.6 is 0 Å². The van der Waals surface area contributed by atoms with Gasteiger partial charge >= 0.3 is 0 Å². The highest BCUT2D eigenvalue weighted by molar-refractivity contribution is 6.26. The van der Waals surface area contributed by atoms with Crippen molar-refractivity contribution in [2.24, 2.45) is 11.8 Å². The van der Waals surface area contributed by atoms with Gasteiger partial charge in [0.1, 0.15) is 0 Å². The van der Waals surface area contributed by atoms with Gasteiger partial charge in [0.25, 0.3) is 0 Å². The second kappa shape index (κ2) is 5.72. The second-order valence-corrected chi connectivity index (χ2v) is 7.23. The van der Waals surface area contributed by atoms with E-state index in [1.54, 1.807) is 0 Å². The number of fused-ring (bicyclic) bond motifs is 3. The summed E-state index contributed by atoms with van der Waals surface area (Å²) in [6.07, 6.45) is 6.19. The van der Waals surface area contributed by atoms with E-state index in [0.717, 1.165) is 29.6 Å². The molecule has 2 aliphatic carbocycles. The minimum Gasteiger partial charge on any atom is -0.289 e.